The largest absolute Gasteiger partial charge is 0.393 e. The first kappa shape index (κ1) is 14.8. The van der Waals surface area contributed by atoms with E-state index >= 15 is 0 Å². The summed E-state index contributed by atoms with van der Waals surface area (Å²) in [5.74, 6) is 0.109. The Balaban J connectivity index is 2.14. The molecule has 0 radical (unpaired) electrons. The minimum atomic E-state index is -4.04. The third-order valence-corrected chi connectivity index (χ3v) is 4.39. The van der Waals surface area contributed by atoms with Gasteiger partial charge in [-0.25, -0.2) is 18.5 Å². The van der Waals surface area contributed by atoms with Crippen LogP contribution in [0.25, 0.3) is 11.4 Å². The summed E-state index contributed by atoms with van der Waals surface area (Å²) < 4.78 is 23.6. The fourth-order valence-electron chi connectivity index (χ4n) is 2.50. The molecule has 0 bridgehead atoms. The lowest BCUT2D eigenvalue weighted by Crippen LogP contribution is -2.36. The van der Waals surface area contributed by atoms with Crippen LogP contribution in [0.3, 0.4) is 0 Å². The second kappa shape index (κ2) is 5.59. The number of anilines is 1. The number of tetrazole rings is 1. The maximum atomic E-state index is 11.8. The molecule has 2 aromatic heterocycles. The second-order valence-electron chi connectivity index (χ2n) is 5.01. The van der Waals surface area contributed by atoms with Gasteiger partial charge in [-0.1, -0.05) is 0 Å². The van der Waals surface area contributed by atoms with Gasteiger partial charge < -0.3 is 10.0 Å². The summed E-state index contributed by atoms with van der Waals surface area (Å²) in [6.07, 6.45) is 2.23. The maximum absolute atomic E-state index is 11.8. The van der Waals surface area contributed by atoms with Crippen LogP contribution in [0.15, 0.2) is 17.3 Å². The summed E-state index contributed by atoms with van der Waals surface area (Å²) in [7, 11) is -4.04. The Bertz CT molecular complexity index is 754. The smallest absolute Gasteiger partial charge is 0.256 e. The van der Waals surface area contributed by atoms with Crippen LogP contribution in [0.5, 0.6) is 0 Å². The van der Waals surface area contributed by atoms with Gasteiger partial charge in [-0.15, -0.1) is 10.2 Å². The number of hydrogen-bond acceptors (Lipinski definition) is 8. The Kier molecular flexibility index (Phi) is 3.76. The molecule has 3 rings (SSSR count). The first-order valence-corrected chi connectivity index (χ1v) is 8.20. The Morgan fingerprint density at radius 1 is 1.36 bits per heavy atom. The number of aromatic amines is 1. The van der Waals surface area contributed by atoms with Gasteiger partial charge in [0.25, 0.3) is 10.0 Å². The lowest BCUT2D eigenvalue weighted by molar-refractivity contribution is 0.145. The molecular formula is C11H15N7O3S. The van der Waals surface area contributed by atoms with E-state index in [1.807, 2.05) is 4.90 Å². The molecule has 1 aliphatic heterocycles. The first-order valence-electron chi connectivity index (χ1n) is 6.65. The molecule has 0 aliphatic carbocycles. The number of nitrogens with two attached hydrogens (primary N) is 1. The van der Waals surface area contributed by atoms with Crippen molar-refractivity contribution in [2.45, 2.75) is 24.0 Å². The summed E-state index contributed by atoms with van der Waals surface area (Å²) in [6, 6.07) is 1.68. The number of H-pyrrole nitrogens is 1. The van der Waals surface area contributed by atoms with Crippen molar-refractivity contribution < 1.29 is 13.5 Å². The van der Waals surface area contributed by atoms with Crippen LogP contribution in [-0.2, 0) is 10.0 Å². The van der Waals surface area contributed by atoms with E-state index in [1.54, 1.807) is 6.07 Å². The van der Waals surface area contributed by atoms with Gasteiger partial charge in [0.05, 0.1) is 17.4 Å². The van der Waals surface area contributed by atoms with Gasteiger partial charge in [-0.05, 0) is 24.1 Å². The van der Waals surface area contributed by atoms with Crippen LogP contribution >= 0.6 is 0 Å². The predicted molar refractivity (Wildman–Crippen MR) is 76.2 cm³/mol. The maximum Gasteiger partial charge on any atom is 0.256 e. The third-order valence-electron chi connectivity index (χ3n) is 3.54. The Morgan fingerprint density at radius 2 is 2.09 bits per heavy atom. The fraction of sp³-hybridized carbons (Fsp3) is 0.455. The van der Waals surface area contributed by atoms with Crippen LogP contribution in [0.1, 0.15) is 12.8 Å². The molecule has 1 aliphatic rings. The number of piperidine rings is 1. The van der Waals surface area contributed by atoms with Crippen LogP contribution in [0.2, 0.25) is 0 Å². The number of nitrogens with one attached hydrogen (secondary N) is 1. The Hall–Kier alpha value is -2.11. The standard InChI is InChI=1S/C11H15N7O3S/c12-22(20,21)11-9(10-14-16-17-15-10)8(1-4-13-11)18-5-2-7(19)3-6-18/h1,4,7,19H,2-3,5-6H2,(H2,12,20,21)(H,14,15,16,17). The Morgan fingerprint density at radius 3 is 2.68 bits per heavy atom. The van der Waals surface area contributed by atoms with E-state index in [0.717, 1.165) is 0 Å². The highest BCUT2D eigenvalue weighted by molar-refractivity contribution is 7.89. The van der Waals surface area contributed by atoms with Crippen molar-refractivity contribution in [3.05, 3.63) is 12.3 Å². The number of aliphatic hydroxyl groups is 1. The summed E-state index contributed by atoms with van der Waals surface area (Å²) in [5.41, 5.74) is 0.822. The van der Waals surface area contributed by atoms with E-state index in [-0.39, 0.29) is 22.5 Å². The van der Waals surface area contributed by atoms with E-state index in [4.69, 9.17) is 5.14 Å². The van der Waals surface area contributed by atoms with Crippen LogP contribution < -0.4 is 10.0 Å². The normalized spacial score (nSPS) is 16.9. The topological polar surface area (TPSA) is 151 Å². The highest BCUT2D eigenvalue weighted by Gasteiger charge is 2.27. The zero-order valence-electron chi connectivity index (χ0n) is 11.5. The zero-order chi connectivity index (χ0) is 15.7. The van der Waals surface area contributed by atoms with Crippen molar-refractivity contribution >= 4 is 15.7 Å². The molecule has 0 amide bonds. The molecule has 11 heteroatoms. The van der Waals surface area contributed by atoms with Gasteiger partial charge in [-0.2, -0.15) is 5.21 Å². The van der Waals surface area contributed by atoms with Gasteiger partial charge in [0.1, 0.15) is 0 Å². The monoisotopic (exact) mass is 325 g/mol. The summed E-state index contributed by atoms with van der Waals surface area (Å²) >= 11 is 0. The van der Waals surface area contributed by atoms with Crippen LogP contribution in [0, 0.1) is 0 Å². The summed E-state index contributed by atoms with van der Waals surface area (Å²) in [6.45, 7) is 1.17. The predicted octanol–water partition coefficient (Wildman–Crippen LogP) is -1.13. The van der Waals surface area contributed by atoms with Crippen molar-refractivity contribution in [3.63, 3.8) is 0 Å². The number of primary sulfonamides is 1. The SMILES string of the molecule is NS(=O)(=O)c1nccc(N2CCC(O)CC2)c1-c1nn[nH]n1. The lowest BCUT2D eigenvalue weighted by Gasteiger charge is -2.32. The van der Waals surface area contributed by atoms with E-state index in [9.17, 15) is 13.5 Å². The summed E-state index contributed by atoms with van der Waals surface area (Å²) in [4.78, 5) is 5.82. The molecule has 0 atom stereocenters. The van der Waals surface area contributed by atoms with Crippen molar-refractivity contribution in [2.24, 2.45) is 5.14 Å². The van der Waals surface area contributed by atoms with Crippen molar-refractivity contribution in [1.29, 1.82) is 0 Å². The van der Waals surface area contributed by atoms with E-state index in [1.165, 1.54) is 6.20 Å². The van der Waals surface area contributed by atoms with Crippen molar-refractivity contribution in [2.75, 3.05) is 18.0 Å². The number of aliphatic hydroxyl groups excluding tert-OH is 1. The van der Waals surface area contributed by atoms with E-state index in [0.29, 0.717) is 31.6 Å². The molecule has 118 valence electrons. The molecule has 1 saturated heterocycles. The van der Waals surface area contributed by atoms with Gasteiger partial charge in [0.15, 0.2) is 5.03 Å². The van der Waals surface area contributed by atoms with Gasteiger partial charge in [0.2, 0.25) is 5.82 Å². The van der Waals surface area contributed by atoms with E-state index < -0.39 is 10.0 Å². The highest BCUT2D eigenvalue weighted by Crippen LogP contribution is 2.33. The minimum absolute atomic E-state index is 0.109. The average molecular weight is 325 g/mol. The number of aromatic nitrogens is 5. The van der Waals surface area contributed by atoms with E-state index in [2.05, 4.69) is 25.6 Å². The molecule has 22 heavy (non-hydrogen) atoms. The van der Waals surface area contributed by atoms with Crippen LogP contribution in [-0.4, -0.2) is 58.3 Å². The zero-order valence-corrected chi connectivity index (χ0v) is 12.4. The highest BCUT2D eigenvalue weighted by atomic mass is 32.2. The molecule has 0 saturated carbocycles. The molecule has 4 N–H and O–H groups in total. The number of hydrogen-bond donors (Lipinski definition) is 3. The van der Waals surface area contributed by atoms with Gasteiger partial charge >= 0.3 is 0 Å². The molecule has 0 aromatic carbocycles. The molecular weight excluding hydrogens is 310 g/mol. The van der Waals surface area contributed by atoms with Gasteiger partial charge in [-0.3, -0.25) is 0 Å². The Labute approximate surface area is 126 Å². The van der Waals surface area contributed by atoms with Crippen LogP contribution in [0.4, 0.5) is 5.69 Å². The average Bonchev–Trinajstić information content (AvgIpc) is 3.00. The molecule has 0 unspecified atom stereocenters. The fourth-order valence-corrected chi connectivity index (χ4v) is 3.19. The molecule has 2 aromatic rings. The minimum Gasteiger partial charge on any atom is -0.393 e. The summed E-state index contributed by atoms with van der Waals surface area (Å²) in [5, 5.41) is 28.0. The third kappa shape index (κ3) is 2.77. The van der Waals surface area contributed by atoms with Gasteiger partial charge in [0, 0.05) is 19.3 Å². The number of nitrogens with zero attached hydrogens (tertiary/aromatic N) is 5. The first-order chi connectivity index (χ1) is 10.5. The molecule has 0 spiro atoms. The van der Waals surface area contributed by atoms with Crippen molar-refractivity contribution in [3.8, 4) is 11.4 Å². The quantitative estimate of drug-likeness (QED) is 0.641. The molecule has 1 fully saturated rings. The molecule has 10 nitrogen and oxygen atoms in total. The molecule has 3 heterocycles. The number of pyridine rings is 1. The number of rotatable bonds is 3. The second-order valence-corrected chi connectivity index (χ2v) is 6.49. The van der Waals surface area contributed by atoms with Crippen molar-refractivity contribution in [1.82, 2.24) is 25.6 Å². The lowest BCUT2D eigenvalue weighted by atomic mass is 10.1. The number of sulfonamides is 1.